The summed E-state index contributed by atoms with van der Waals surface area (Å²) in [5, 5.41) is 5.34. The number of imidazole rings is 1. The van der Waals surface area contributed by atoms with Gasteiger partial charge in [0.2, 0.25) is 0 Å². The Morgan fingerprint density at radius 3 is 2.89 bits per heavy atom. The van der Waals surface area contributed by atoms with Gasteiger partial charge in [0.1, 0.15) is 0 Å². The second kappa shape index (κ2) is 4.83. The molecule has 0 aliphatic heterocycles. The number of nitrogens with one attached hydrogen (secondary N) is 1. The van der Waals surface area contributed by atoms with Gasteiger partial charge in [-0.1, -0.05) is 0 Å². The number of aryl methyl sites for hydroxylation is 1. The molecule has 0 unspecified atom stereocenters. The molecular formula is C12H13N5S. The lowest BCUT2D eigenvalue weighted by atomic mass is 10.4. The summed E-state index contributed by atoms with van der Waals surface area (Å²) in [4.78, 5) is 14.0. The highest BCUT2D eigenvalue weighted by molar-refractivity contribution is 7.15. The lowest BCUT2D eigenvalue weighted by Gasteiger charge is -2.01. The predicted molar refractivity (Wildman–Crippen MR) is 70.4 cm³/mol. The first-order valence-electron chi connectivity index (χ1n) is 5.70. The van der Waals surface area contributed by atoms with E-state index in [9.17, 15) is 0 Å². The van der Waals surface area contributed by atoms with Crippen LogP contribution in [-0.2, 0) is 13.1 Å². The zero-order chi connectivity index (χ0) is 12.4. The molecule has 0 amide bonds. The van der Waals surface area contributed by atoms with Gasteiger partial charge in [-0.15, -0.1) is 11.3 Å². The van der Waals surface area contributed by atoms with Gasteiger partial charge in [-0.2, -0.15) is 0 Å². The summed E-state index contributed by atoms with van der Waals surface area (Å²) < 4.78 is 2.04. The van der Waals surface area contributed by atoms with Gasteiger partial charge in [0.05, 0.1) is 17.1 Å². The molecule has 3 aromatic rings. The number of rotatable bonds is 4. The highest BCUT2D eigenvalue weighted by Crippen LogP contribution is 2.11. The molecule has 1 N–H and O–H groups in total. The van der Waals surface area contributed by atoms with Crippen LogP contribution < -0.4 is 5.32 Å². The summed E-state index contributed by atoms with van der Waals surface area (Å²) >= 11 is 1.64. The fraction of sp³-hybridized carbons (Fsp3) is 0.250. The van der Waals surface area contributed by atoms with Gasteiger partial charge in [-0.25, -0.2) is 4.98 Å². The van der Waals surface area contributed by atoms with E-state index >= 15 is 0 Å². The van der Waals surface area contributed by atoms with Gasteiger partial charge in [0.15, 0.2) is 4.96 Å². The Morgan fingerprint density at radius 1 is 1.22 bits per heavy atom. The zero-order valence-corrected chi connectivity index (χ0v) is 10.8. The van der Waals surface area contributed by atoms with Crippen molar-refractivity contribution in [1.82, 2.24) is 24.7 Å². The largest absolute Gasteiger partial charge is 0.305 e. The smallest absolute Gasteiger partial charge is 0.193 e. The van der Waals surface area contributed by atoms with E-state index < -0.39 is 0 Å². The van der Waals surface area contributed by atoms with Crippen molar-refractivity contribution in [3.8, 4) is 0 Å². The Morgan fingerprint density at radius 2 is 2.11 bits per heavy atom. The molecule has 0 saturated carbocycles. The van der Waals surface area contributed by atoms with Crippen LogP contribution in [-0.4, -0.2) is 19.4 Å². The first kappa shape index (κ1) is 11.3. The maximum Gasteiger partial charge on any atom is 0.193 e. The summed E-state index contributed by atoms with van der Waals surface area (Å²) in [7, 11) is 0. The molecule has 0 bridgehead atoms. The highest BCUT2D eigenvalue weighted by Gasteiger charge is 2.02. The van der Waals surface area contributed by atoms with Crippen molar-refractivity contribution in [3.05, 3.63) is 47.2 Å². The monoisotopic (exact) mass is 259 g/mol. The third-order valence-electron chi connectivity index (χ3n) is 2.59. The maximum absolute atomic E-state index is 4.50. The van der Waals surface area contributed by atoms with Crippen molar-refractivity contribution < 1.29 is 0 Å². The molecule has 0 radical (unpaired) electrons. The molecule has 0 aliphatic carbocycles. The number of nitrogens with zero attached hydrogens (tertiary/aromatic N) is 4. The Bertz CT molecular complexity index is 611. The van der Waals surface area contributed by atoms with Crippen molar-refractivity contribution >= 4 is 16.3 Å². The molecule has 6 heteroatoms. The summed E-state index contributed by atoms with van der Waals surface area (Å²) in [5.74, 6) is 0. The van der Waals surface area contributed by atoms with E-state index in [1.54, 1.807) is 23.7 Å². The second-order valence-electron chi connectivity index (χ2n) is 4.08. The van der Waals surface area contributed by atoms with Gasteiger partial charge in [-0.3, -0.25) is 14.4 Å². The lowest BCUT2D eigenvalue weighted by Crippen LogP contribution is -2.14. The lowest BCUT2D eigenvalue weighted by molar-refractivity contribution is 0.666. The van der Waals surface area contributed by atoms with Gasteiger partial charge in [0.25, 0.3) is 0 Å². The fourth-order valence-corrected chi connectivity index (χ4v) is 2.41. The van der Waals surface area contributed by atoms with E-state index in [-0.39, 0.29) is 0 Å². The van der Waals surface area contributed by atoms with E-state index in [2.05, 4.69) is 20.3 Å². The minimum Gasteiger partial charge on any atom is -0.305 e. The number of thiazole rings is 1. The number of hydrogen-bond acceptors (Lipinski definition) is 5. The van der Waals surface area contributed by atoms with Crippen LogP contribution in [0.1, 0.15) is 17.1 Å². The van der Waals surface area contributed by atoms with Crippen LogP contribution >= 0.6 is 11.3 Å². The van der Waals surface area contributed by atoms with Crippen LogP contribution in [0.4, 0.5) is 0 Å². The SMILES string of the molecule is Cc1cnc(CNCc2cn3ccsc3n2)cn1. The van der Waals surface area contributed by atoms with Crippen molar-refractivity contribution in [1.29, 1.82) is 0 Å². The topological polar surface area (TPSA) is 55.1 Å². The molecule has 0 atom stereocenters. The van der Waals surface area contributed by atoms with Crippen LogP contribution in [0.25, 0.3) is 4.96 Å². The summed E-state index contributed by atoms with van der Waals surface area (Å²) in [6, 6.07) is 0. The molecule has 18 heavy (non-hydrogen) atoms. The van der Waals surface area contributed by atoms with E-state index in [0.717, 1.165) is 28.6 Å². The molecule has 3 heterocycles. The Balaban J connectivity index is 1.58. The normalized spacial score (nSPS) is 11.2. The fourth-order valence-electron chi connectivity index (χ4n) is 1.69. The minimum absolute atomic E-state index is 0.707. The first-order valence-corrected chi connectivity index (χ1v) is 6.58. The summed E-state index contributed by atoms with van der Waals surface area (Å²) in [5.41, 5.74) is 2.93. The quantitative estimate of drug-likeness (QED) is 0.776. The standard InChI is InChI=1S/C12H13N5S/c1-9-4-15-10(7-14-9)5-13-6-11-8-17-2-3-18-12(17)16-11/h2-4,7-8,13H,5-6H2,1H3. The molecule has 0 fully saturated rings. The molecule has 92 valence electrons. The van der Waals surface area contributed by atoms with Gasteiger partial charge in [0, 0.05) is 43.3 Å². The van der Waals surface area contributed by atoms with Gasteiger partial charge >= 0.3 is 0 Å². The predicted octanol–water partition coefficient (Wildman–Crippen LogP) is 1.78. The highest BCUT2D eigenvalue weighted by atomic mass is 32.1. The molecule has 0 spiro atoms. The average molecular weight is 259 g/mol. The molecule has 5 nitrogen and oxygen atoms in total. The van der Waals surface area contributed by atoms with Crippen molar-refractivity contribution in [2.75, 3.05) is 0 Å². The van der Waals surface area contributed by atoms with E-state index in [1.807, 2.05) is 29.1 Å². The third kappa shape index (κ3) is 2.39. The summed E-state index contributed by atoms with van der Waals surface area (Å²) in [6.07, 6.45) is 7.64. The minimum atomic E-state index is 0.707. The molecule has 0 aliphatic rings. The van der Waals surface area contributed by atoms with Crippen molar-refractivity contribution in [2.24, 2.45) is 0 Å². The first-order chi connectivity index (χ1) is 8.81. The molecule has 0 saturated heterocycles. The summed E-state index contributed by atoms with van der Waals surface area (Å²) in [6.45, 7) is 3.38. The maximum atomic E-state index is 4.50. The number of aromatic nitrogens is 4. The van der Waals surface area contributed by atoms with E-state index in [0.29, 0.717) is 6.54 Å². The Kier molecular flexibility index (Phi) is 3.04. The van der Waals surface area contributed by atoms with Crippen LogP contribution in [0.15, 0.2) is 30.2 Å². The van der Waals surface area contributed by atoms with Crippen LogP contribution in [0.5, 0.6) is 0 Å². The average Bonchev–Trinajstić information content (AvgIpc) is 2.92. The molecule has 3 aromatic heterocycles. The van der Waals surface area contributed by atoms with Gasteiger partial charge < -0.3 is 5.32 Å². The van der Waals surface area contributed by atoms with Crippen molar-refractivity contribution in [3.63, 3.8) is 0 Å². The Labute approximate surface area is 109 Å². The Hall–Kier alpha value is -1.79. The molecule has 0 aromatic carbocycles. The van der Waals surface area contributed by atoms with E-state index in [4.69, 9.17) is 0 Å². The van der Waals surface area contributed by atoms with Crippen molar-refractivity contribution in [2.45, 2.75) is 20.0 Å². The molecule has 3 rings (SSSR count). The van der Waals surface area contributed by atoms with Crippen LogP contribution in [0.3, 0.4) is 0 Å². The van der Waals surface area contributed by atoms with Gasteiger partial charge in [-0.05, 0) is 6.92 Å². The zero-order valence-electron chi connectivity index (χ0n) is 10.00. The second-order valence-corrected chi connectivity index (χ2v) is 4.95. The third-order valence-corrected chi connectivity index (χ3v) is 3.36. The number of fused-ring (bicyclic) bond motifs is 1. The van der Waals surface area contributed by atoms with Crippen LogP contribution in [0, 0.1) is 6.92 Å². The number of hydrogen-bond donors (Lipinski definition) is 1. The van der Waals surface area contributed by atoms with E-state index in [1.165, 1.54) is 0 Å². The van der Waals surface area contributed by atoms with Crippen LogP contribution in [0.2, 0.25) is 0 Å². The molecular weight excluding hydrogens is 246 g/mol.